The lowest BCUT2D eigenvalue weighted by atomic mass is 10.1. The molecular formula is C24H33ClN6O2. The van der Waals surface area contributed by atoms with E-state index in [0.29, 0.717) is 25.3 Å². The molecule has 0 aliphatic carbocycles. The zero-order valence-electron chi connectivity index (χ0n) is 19.7. The molecule has 3 heterocycles. The number of rotatable bonds is 7. The number of carbonyl (C=O) groups is 2. The third kappa shape index (κ3) is 5.33. The smallest absolute Gasteiger partial charge is 0.242 e. The summed E-state index contributed by atoms with van der Waals surface area (Å²) >= 11 is 6.18. The average Bonchev–Trinajstić information content (AvgIpc) is 3.18. The van der Waals surface area contributed by atoms with E-state index in [2.05, 4.69) is 33.2 Å². The van der Waals surface area contributed by atoms with Gasteiger partial charge in [0.1, 0.15) is 11.9 Å². The van der Waals surface area contributed by atoms with Gasteiger partial charge in [-0.3, -0.25) is 19.4 Å². The number of fused-ring (bicyclic) bond motifs is 1. The van der Waals surface area contributed by atoms with E-state index in [1.54, 1.807) is 11.8 Å². The lowest BCUT2D eigenvalue weighted by Crippen LogP contribution is -2.51. The van der Waals surface area contributed by atoms with Crippen molar-refractivity contribution in [2.75, 3.05) is 49.1 Å². The quantitative estimate of drug-likeness (QED) is 0.627. The SMILES string of the molecule is Cc1cc2n(n1)CCC(=O)N2[C@H](C)C(=O)NCCCN1CCN(c2cc(Cl)ccc2C)CC1. The molecule has 178 valence electrons. The summed E-state index contributed by atoms with van der Waals surface area (Å²) in [5.74, 6) is 0.550. The summed E-state index contributed by atoms with van der Waals surface area (Å²) in [6.45, 7) is 11.8. The minimum Gasteiger partial charge on any atom is -0.369 e. The molecule has 0 radical (unpaired) electrons. The van der Waals surface area contributed by atoms with Crippen LogP contribution in [-0.4, -0.2) is 71.8 Å². The van der Waals surface area contributed by atoms with E-state index in [-0.39, 0.29) is 11.8 Å². The number of nitrogens with one attached hydrogen (secondary N) is 1. The predicted molar refractivity (Wildman–Crippen MR) is 131 cm³/mol. The molecule has 33 heavy (non-hydrogen) atoms. The van der Waals surface area contributed by atoms with E-state index in [0.717, 1.165) is 49.9 Å². The first-order valence-corrected chi connectivity index (χ1v) is 12.1. The molecule has 2 amide bonds. The average molecular weight is 473 g/mol. The van der Waals surface area contributed by atoms with E-state index < -0.39 is 6.04 Å². The number of nitrogens with zero attached hydrogens (tertiary/aromatic N) is 5. The Morgan fingerprint density at radius 3 is 2.67 bits per heavy atom. The Labute approximate surface area is 200 Å². The second kappa shape index (κ2) is 10.1. The fourth-order valence-corrected chi connectivity index (χ4v) is 4.84. The standard InChI is InChI=1S/C24H33ClN6O2/c1-17-5-6-20(25)16-21(17)29-13-11-28(12-14-29)9-4-8-26-24(33)19(3)31-22-15-18(2)27-30(22)10-7-23(31)32/h5-6,15-16,19H,4,7-14H2,1-3H3,(H,26,33)/t19-/m1/s1. The summed E-state index contributed by atoms with van der Waals surface area (Å²) in [5, 5.41) is 8.20. The number of benzene rings is 1. The van der Waals surface area contributed by atoms with Crippen LogP contribution in [0.3, 0.4) is 0 Å². The third-order valence-corrected chi connectivity index (χ3v) is 6.77. The molecule has 1 fully saturated rings. The first-order chi connectivity index (χ1) is 15.8. The maximum absolute atomic E-state index is 12.7. The predicted octanol–water partition coefficient (Wildman–Crippen LogP) is 2.61. The zero-order valence-corrected chi connectivity index (χ0v) is 20.4. The second-order valence-electron chi connectivity index (χ2n) is 8.96. The number of halogens is 1. The van der Waals surface area contributed by atoms with Gasteiger partial charge in [0.15, 0.2) is 0 Å². The van der Waals surface area contributed by atoms with Crippen molar-refractivity contribution in [1.82, 2.24) is 20.0 Å². The van der Waals surface area contributed by atoms with Gasteiger partial charge in [-0.15, -0.1) is 0 Å². The summed E-state index contributed by atoms with van der Waals surface area (Å²) in [4.78, 5) is 31.7. The van der Waals surface area contributed by atoms with Gasteiger partial charge in [-0.25, -0.2) is 4.68 Å². The number of aryl methyl sites for hydroxylation is 3. The van der Waals surface area contributed by atoms with Gasteiger partial charge in [-0.05, 0) is 51.4 Å². The highest BCUT2D eigenvalue weighted by molar-refractivity contribution is 6.30. The lowest BCUT2D eigenvalue weighted by Gasteiger charge is -2.37. The van der Waals surface area contributed by atoms with Gasteiger partial charge < -0.3 is 10.2 Å². The first-order valence-electron chi connectivity index (χ1n) is 11.7. The van der Waals surface area contributed by atoms with E-state index in [9.17, 15) is 9.59 Å². The largest absolute Gasteiger partial charge is 0.369 e. The van der Waals surface area contributed by atoms with Crippen LogP contribution in [0.15, 0.2) is 24.3 Å². The van der Waals surface area contributed by atoms with E-state index in [1.807, 2.05) is 29.8 Å². The molecule has 8 nitrogen and oxygen atoms in total. The van der Waals surface area contributed by atoms with Crippen LogP contribution in [0.4, 0.5) is 11.5 Å². The molecule has 2 aliphatic heterocycles. The number of aromatic nitrogens is 2. The summed E-state index contributed by atoms with van der Waals surface area (Å²) < 4.78 is 1.81. The molecule has 1 N–H and O–H groups in total. The second-order valence-corrected chi connectivity index (χ2v) is 9.40. The minimum absolute atomic E-state index is 0.0298. The van der Waals surface area contributed by atoms with Gasteiger partial charge in [0.2, 0.25) is 11.8 Å². The van der Waals surface area contributed by atoms with Crippen molar-refractivity contribution in [1.29, 1.82) is 0 Å². The number of anilines is 2. The molecule has 4 rings (SSSR count). The number of amides is 2. The van der Waals surface area contributed by atoms with Crippen molar-refractivity contribution in [3.8, 4) is 0 Å². The number of carbonyl (C=O) groups excluding carboxylic acids is 2. The zero-order chi connectivity index (χ0) is 23.5. The van der Waals surface area contributed by atoms with Crippen molar-refractivity contribution < 1.29 is 9.59 Å². The van der Waals surface area contributed by atoms with Gasteiger partial charge in [-0.2, -0.15) is 5.10 Å². The van der Waals surface area contributed by atoms with Crippen LogP contribution in [0.2, 0.25) is 5.02 Å². The van der Waals surface area contributed by atoms with Crippen molar-refractivity contribution in [2.45, 2.75) is 46.2 Å². The van der Waals surface area contributed by atoms with Crippen molar-refractivity contribution >= 4 is 34.9 Å². The highest BCUT2D eigenvalue weighted by atomic mass is 35.5. The molecule has 1 aromatic heterocycles. The number of hydrogen-bond acceptors (Lipinski definition) is 5. The monoisotopic (exact) mass is 472 g/mol. The lowest BCUT2D eigenvalue weighted by molar-refractivity contribution is -0.126. The van der Waals surface area contributed by atoms with Crippen molar-refractivity contribution in [3.63, 3.8) is 0 Å². The number of piperazine rings is 1. The summed E-state index contributed by atoms with van der Waals surface area (Å²) in [7, 11) is 0. The molecular weight excluding hydrogens is 440 g/mol. The van der Waals surface area contributed by atoms with Crippen molar-refractivity contribution in [3.05, 3.63) is 40.5 Å². The molecule has 1 atom stereocenters. The minimum atomic E-state index is -0.558. The first kappa shape index (κ1) is 23.6. The van der Waals surface area contributed by atoms with E-state index in [4.69, 9.17) is 11.6 Å². The topological polar surface area (TPSA) is 73.7 Å². The van der Waals surface area contributed by atoms with Gasteiger partial charge in [0, 0.05) is 55.9 Å². The Hall–Kier alpha value is -2.58. The molecule has 9 heteroatoms. The Balaban J connectivity index is 1.21. The molecule has 0 saturated carbocycles. The summed E-state index contributed by atoms with van der Waals surface area (Å²) in [5.41, 5.74) is 3.31. The van der Waals surface area contributed by atoms with Gasteiger partial charge in [0.05, 0.1) is 12.2 Å². The Bertz CT molecular complexity index is 1010. The molecule has 0 bridgehead atoms. The van der Waals surface area contributed by atoms with E-state index in [1.165, 1.54) is 11.3 Å². The van der Waals surface area contributed by atoms with Crippen LogP contribution in [0.5, 0.6) is 0 Å². The fourth-order valence-electron chi connectivity index (χ4n) is 4.67. The van der Waals surface area contributed by atoms with Crippen LogP contribution in [0.25, 0.3) is 0 Å². The van der Waals surface area contributed by atoms with Gasteiger partial charge in [-0.1, -0.05) is 17.7 Å². The van der Waals surface area contributed by atoms with Crippen LogP contribution in [0.1, 0.15) is 31.0 Å². The molecule has 0 spiro atoms. The number of hydrogen-bond donors (Lipinski definition) is 1. The van der Waals surface area contributed by atoms with Gasteiger partial charge >= 0.3 is 0 Å². The van der Waals surface area contributed by atoms with Crippen LogP contribution in [-0.2, 0) is 16.1 Å². The highest BCUT2D eigenvalue weighted by Crippen LogP contribution is 2.26. The normalized spacial score (nSPS) is 17.8. The van der Waals surface area contributed by atoms with Crippen molar-refractivity contribution in [2.24, 2.45) is 0 Å². The molecule has 2 aromatic rings. The molecule has 1 saturated heterocycles. The van der Waals surface area contributed by atoms with E-state index >= 15 is 0 Å². The molecule has 1 aromatic carbocycles. The van der Waals surface area contributed by atoms with Gasteiger partial charge in [0.25, 0.3) is 0 Å². The Morgan fingerprint density at radius 1 is 1.15 bits per heavy atom. The summed E-state index contributed by atoms with van der Waals surface area (Å²) in [6, 6.07) is 7.36. The Morgan fingerprint density at radius 2 is 1.91 bits per heavy atom. The maximum Gasteiger partial charge on any atom is 0.242 e. The molecule has 0 unspecified atom stereocenters. The Kier molecular flexibility index (Phi) is 7.24. The molecule has 2 aliphatic rings. The highest BCUT2D eigenvalue weighted by Gasteiger charge is 2.33. The fraction of sp³-hybridized carbons (Fsp3) is 0.542. The summed E-state index contributed by atoms with van der Waals surface area (Å²) in [6.07, 6.45) is 1.24. The third-order valence-electron chi connectivity index (χ3n) is 6.54. The maximum atomic E-state index is 12.7. The van der Waals surface area contributed by atoms with Crippen LogP contribution >= 0.6 is 11.6 Å². The van der Waals surface area contributed by atoms with Crippen LogP contribution < -0.4 is 15.1 Å². The van der Waals surface area contributed by atoms with Crippen LogP contribution in [0, 0.1) is 13.8 Å².